The molecule has 0 bridgehead atoms. The van der Waals surface area contributed by atoms with Crippen LogP contribution in [0, 0.1) is 5.82 Å². The highest BCUT2D eigenvalue weighted by molar-refractivity contribution is 7.89. The molecule has 0 aliphatic carbocycles. The van der Waals surface area contributed by atoms with Gasteiger partial charge in [-0.05, 0) is 32.0 Å². The Labute approximate surface area is 113 Å². The van der Waals surface area contributed by atoms with Gasteiger partial charge in [-0.25, -0.2) is 12.8 Å². The molecule has 0 fully saturated rings. The number of rotatable bonds is 6. The Kier molecular flexibility index (Phi) is 5.22. The first-order valence-electron chi connectivity index (χ1n) is 5.95. The minimum Gasteiger partial charge on any atom is -0.326 e. The summed E-state index contributed by atoms with van der Waals surface area (Å²) in [6.07, 6.45) is 1.52. The van der Waals surface area contributed by atoms with E-state index < -0.39 is 15.8 Å². The molecule has 2 N–H and O–H groups in total. The van der Waals surface area contributed by atoms with Crippen LogP contribution >= 0.6 is 0 Å². The average Bonchev–Trinajstić information content (AvgIpc) is 2.35. The highest BCUT2D eigenvalue weighted by Crippen LogP contribution is 2.20. The third-order valence-corrected chi connectivity index (χ3v) is 4.77. The van der Waals surface area contributed by atoms with Gasteiger partial charge in [0.1, 0.15) is 5.82 Å². The van der Waals surface area contributed by atoms with E-state index >= 15 is 0 Å². The molecule has 1 rings (SSSR count). The topological polar surface area (TPSA) is 63.4 Å². The van der Waals surface area contributed by atoms with Crippen LogP contribution in [-0.4, -0.2) is 25.3 Å². The van der Waals surface area contributed by atoms with E-state index in [1.165, 1.54) is 22.5 Å². The fourth-order valence-corrected chi connectivity index (χ4v) is 3.38. The number of halogens is 1. The molecule has 1 aromatic rings. The van der Waals surface area contributed by atoms with Crippen LogP contribution in [0.1, 0.15) is 19.4 Å². The van der Waals surface area contributed by atoms with Gasteiger partial charge in [0.25, 0.3) is 0 Å². The van der Waals surface area contributed by atoms with Crippen LogP contribution < -0.4 is 5.73 Å². The fourth-order valence-electron chi connectivity index (χ4n) is 1.72. The number of benzene rings is 1. The zero-order valence-corrected chi connectivity index (χ0v) is 12.0. The summed E-state index contributed by atoms with van der Waals surface area (Å²) >= 11 is 0. The highest BCUT2D eigenvalue weighted by Gasteiger charge is 2.26. The van der Waals surface area contributed by atoms with Gasteiger partial charge in [0.05, 0.1) is 4.90 Å². The molecule has 0 unspecified atom stereocenters. The first kappa shape index (κ1) is 15.8. The van der Waals surface area contributed by atoms with E-state index in [9.17, 15) is 12.8 Å². The Morgan fingerprint density at radius 2 is 2.11 bits per heavy atom. The van der Waals surface area contributed by atoms with Crippen molar-refractivity contribution in [2.45, 2.75) is 31.3 Å². The van der Waals surface area contributed by atoms with E-state index in [1.54, 1.807) is 13.8 Å². The lowest BCUT2D eigenvalue weighted by Crippen LogP contribution is -2.37. The Hall–Kier alpha value is -1.24. The molecule has 4 nitrogen and oxygen atoms in total. The van der Waals surface area contributed by atoms with Gasteiger partial charge in [0.15, 0.2) is 0 Å². The molecule has 106 valence electrons. The first-order valence-corrected chi connectivity index (χ1v) is 7.39. The molecule has 0 aromatic heterocycles. The molecule has 19 heavy (non-hydrogen) atoms. The van der Waals surface area contributed by atoms with Gasteiger partial charge in [-0.3, -0.25) is 0 Å². The monoisotopic (exact) mass is 286 g/mol. The molecule has 6 heteroatoms. The summed E-state index contributed by atoms with van der Waals surface area (Å²) in [6.45, 7) is 7.26. The van der Waals surface area contributed by atoms with E-state index in [4.69, 9.17) is 5.73 Å². The van der Waals surface area contributed by atoms with Crippen molar-refractivity contribution in [1.29, 1.82) is 0 Å². The quantitative estimate of drug-likeness (QED) is 0.812. The average molecular weight is 286 g/mol. The predicted molar refractivity (Wildman–Crippen MR) is 73.5 cm³/mol. The third kappa shape index (κ3) is 3.40. The summed E-state index contributed by atoms with van der Waals surface area (Å²) in [5, 5.41) is 0. The van der Waals surface area contributed by atoms with Gasteiger partial charge in [-0.15, -0.1) is 6.58 Å². The second kappa shape index (κ2) is 6.27. The maximum Gasteiger partial charge on any atom is 0.243 e. The van der Waals surface area contributed by atoms with Gasteiger partial charge in [-0.1, -0.05) is 6.08 Å². The molecule has 0 spiro atoms. The molecule has 0 aliphatic rings. The summed E-state index contributed by atoms with van der Waals surface area (Å²) in [7, 11) is -3.67. The van der Waals surface area contributed by atoms with Crippen LogP contribution in [0.3, 0.4) is 0 Å². The van der Waals surface area contributed by atoms with E-state index in [0.717, 1.165) is 6.07 Å². The SMILES string of the molecule is C=CCN(C(C)C)S(=O)(=O)c1ccc(F)c(CN)c1. The Morgan fingerprint density at radius 3 is 2.58 bits per heavy atom. The van der Waals surface area contributed by atoms with Crippen molar-refractivity contribution in [2.75, 3.05) is 6.54 Å². The van der Waals surface area contributed by atoms with Gasteiger partial charge in [0, 0.05) is 24.7 Å². The second-order valence-electron chi connectivity index (χ2n) is 4.41. The van der Waals surface area contributed by atoms with Crippen molar-refractivity contribution in [1.82, 2.24) is 4.31 Å². The fraction of sp³-hybridized carbons (Fsp3) is 0.385. The molecule has 0 radical (unpaired) electrons. The zero-order chi connectivity index (χ0) is 14.6. The predicted octanol–water partition coefficient (Wildman–Crippen LogP) is 1.87. The Morgan fingerprint density at radius 1 is 1.47 bits per heavy atom. The van der Waals surface area contributed by atoms with Gasteiger partial charge < -0.3 is 5.73 Å². The molecule has 0 atom stereocenters. The van der Waals surface area contributed by atoms with Crippen molar-refractivity contribution in [3.05, 3.63) is 42.2 Å². The van der Waals surface area contributed by atoms with E-state index in [1.807, 2.05) is 0 Å². The zero-order valence-electron chi connectivity index (χ0n) is 11.1. The summed E-state index contributed by atoms with van der Waals surface area (Å²) in [4.78, 5) is 0.0462. The molecule has 0 saturated carbocycles. The summed E-state index contributed by atoms with van der Waals surface area (Å²) < 4.78 is 39.6. The molecule has 0 saturated heterocycles. The van der Waals surface area contributed by atoms with Crippen LogP contribution in [-0.2, 0) is 16.6 Å². The lowest BCUT2D eigenvalue weighted by Gasteiger charge is -2.24. The van der Waals surface area contributed by atoms with Crippen molar-refractivity contribution in [2.24, 2.45) is 5.73 Å². The van der Waals surface area contributed by atoms with Crippen LogP contribution in [0.5, 0.6) is 0 Å². The van der Waals surface area contributed by atoms with Crippen molar-refractivity contribution in [3.8, 4) is 0 Å². The molecular formula is C13H19FN2O2S. The second-order valence-corrected chi connectivity index (χ2v) is 6.31. The van der Waals surface area contributed by atoms with Crippen LogP contribution in [0.25, 0.3) is 0 Å². The van der Waals surface area contributed by atoms with Crippen molar-refractivity contribution < 1.29 is 12.8 Å². The van der Waals surface area contributed by atoms with Crippen LogP contribution in [0.2, 0.25) is 0 Å². The third-order valence-electron chi connectivity index (χ3n) is 2.73. The van der Waals surface area contributed by atoms with Crippen molar-refractivity contribution >= 4 is 10.0 Å². The number of nitrogens with two attached hydrogens (primary N) is 1. The molecule has 1 aromatic carbocycles. The van der Waals surface area contributed by atoms with Crippen LogP contribution in [0.4, 0.5) is 4.39 Å². The maximum absolute atomic E-state index is 13.4. The summed E-state index contributed by atoms with van der Waals surface area (Å²) in [6, 6.07) is 3.45. The van der Waals surface area contributed by atoms with E-state index in [0.29, 0.717) is 0 Å². The molecule has 0 heterocycles. The minimum atomic E-state index is -3.67. The Bertz CT molecular complexity index is 556. The van der Waals surface area contributed by atoms with E-state index in [-0.39, 0.29) is 29.6 Å². The normalized spacial score (nSPS) is 12.1. The summed E-state index contributed by atoms with van der Waals surface area (Å²) in [5.74, 6) is -0.499. The largest absolute Gasteiger partial charge is 0.326 e. The van der Waals surface area contributed by atoms with Gasteiger partial charge in [-0.2, -0.15) is 4.31 Å². The van der Waals surface area contributed by atoms with E-state index in [2.05, 4.69) is 6.58 Å². The number of hydrogen-bond donors (Lipinski definition) is 1. The number of nitrogens with zero attached hydrogens (tertiary/aromatic N) is 1. The molecule has 0 aliphatic heterocycles. The maximum atomic E-state index is 13.4. The van der Waals surface area contributed by atoms with Gasteiger partial charge >= 0.3 is 0 Å². The lowest BCUT2D eigenvalue weighted by atomic mass is 10.2. The van der Waals surface area contributed by atoms with Gasteiger partial charge in [0.2, 0.25) is 10.0 Å². The number of hydrogen-bond acceptors (Lipinski definition) is 3. The lowest BCUT2D eigenvalue weighted by molar-refractivity contribution is 0.382. The van der Waals surface area contributed by atoms with Crippen molar-refractivity contribution in [3.63, 3.8) is 0 Å². The van der Waals surface area contributed by atoms with Crippen LogP contribution in [0.15, 0.2) is 35.7 Å². The standard InChI is InChI=1S/C13H19FN2O2S/c1-4-7-16(10(2)3)19(17,18)12-5-6-13(14)11(8-12)9-15/h4-6,8,10H,1,7,9,15H2,2-3H3. The minimum absolute atomic E-state index is 0.0433. The first-order chi connectivity index (χ1) is 8.84. The summed E-state index contributed by atoms with van der Waals surface area (Å²) in [5.41, 5.74) is 5.58. The molecular weight excluding hydrogens is 267 g/mol. The Balaban J connectivity index is 3.29. The highest BCUT2D eigenvalue weighted by atomic mass is 32.2. The number of sulfonamides is 1. The smallest absolute Gasteiger partial charge is 0.243 e. The molecule has 0 amide bonds.